The molecule has 1 heterocycles. The van der Waals surface area contributed by atoms with Gasteiger partial charge in [-0.05, 0) is 103 Å². The molecule has 1 aromatic heterocycles. The Morgan fingerprint density at radius 2 is 0.857 bits per heavy atom. The van der Waals surface area contributed by atoms with Crippen LogP contribution in [-0.4, -0.2) is 4.98 Å². The molecule has 0 unspecified atom stereocenters. The Balaban J connectivity index is 0.000000811. The van der Waals surface area contributed by atoms with Gasteiger partial charge >= 0.3 is 0 Å². The van der Waals surface area contributed by atoms with Crippen LogP contribution in [0.25, 0.3) is 6.08 Å². The minimum absolute atomic E-state index is 0. The van der Waals surface area contributed by atoms with E-state index in [1.165, 1.54) is 44.6 Å². The fraction of sp³-hybridized carbons (Fsp3) is 0.590. The summed E-state index contributed by atoms with van der Waals surface area (Å²) >= 11 is 0. The van der Waals surface area contributed by atoms with Crippen LogP contribution in [0.3, 0.4) is 0 Å². The Labute approximate surface area is 406 Å². The molecule has 63 heavy (non-hydrogen) atoms. The van der Waals surface area contributed by atoms with E-state index < -0.39 is 0 Å². The summed E-state index contributed by atoms with van der Waals surface area (Å²) in [7, 11) is 0. The van der Waals surface area contributed by atoms with Gasteiger partial charge in [-0.2, -0.15) is 35.4 Å². The molecule has 4 rings (SSSR count). The van der Waals surface area contributed by atoms with Gasteiger partial charge in [-0.15, -0.1) is 0 Å². The number of rotatable bonds is 7. The maximum atomic E-state index is 4.49. The van der Waals surface area contributed by atoms with Crippen molar-refractivity contribution in [2.24, 2.45) is 33.0 Å². The van der Waals surface area contributed by atoms with E-state index in [1.54, 1.807) is 0 Å². The Kier molecular flexibility index (Phi) is 24.1. The number of hydrogen-bond donors (Lipinski definition) is 0. The van der Waals surface area contributed by atoms with Gasteiger partial charge in [0.2, 0.25) is 0 Å². The number of benzene rings is 3. The maximum absolute atomic E-state index is 4.49. The molecule has 0 aliphatic rings. The first-order valence-corrected chi connectivity index (χ1v) is 23.7. The smallest absolute Gasteiger partial charge is 0.0406 e. The molecule has 0 amide bonds. The van der Waals surface area contributed by atoms with Crippen LogP contribution >= 0.6 is 0 Å². The first kappa shape index (κ1) is 60.2. The maximum Gasteiger partial charge on any atom is 0.0406 e. The molecule has 0 aliphatic carbocycles. The predicted molar refractivity (Wildman–Crippen MR) is 279 cm³/mol. The first-order chi connectivity index (χ1) is 27.9. The van der Waals surface area contributed by atoms with Gasteiger partial charge in [-0.1, -0.05) is 232 Å². The Bertz CT molecular complexity index is 1800. The number of aromatic nitrogens is 1. The van der Waals surface area contributed by atoms with E-state index in [2.05, 4.69) is 261 Å². The summed E-state index contributed by atoms with van der Waals surface area (Å²) in [6, 6.07) is 32.4. The number of nitrogens with zero attached hydrogens (tertiary/aromatic N) is 1. The van der Waals surface area contributed by atoms with E-state index >= 15 is 0 Å². The third-order valence-electron chi connectivity index (χ3n) is 9.71. The second kappa shape index (κ2) is 25.2. The molecule has 0 fully saturated rings. The Morgan fingerprint density at radius 1 is 0.476 bits per heavy atom. The first-order valence-electron chi connectivity index (χ1n) is 23.7. The van der Waals surface area contributed by atoms with Crippen molar-refractivity contribution in [1.82, 2.24) is 4.98 Å². The van der Waals surface area contributed by atoms with Crippen LogP contribution in [0.5, 0.6) is 0 Å². The van der Waals surface area contributed by atoms with Crippen molar-refractivity contribution in [3.63, 3.8) is 0 Å². The topological polar surface area (TPSA) is 12.9 Å². The van der Waals surface area contributed by atoms with Gasteiger partial charge in [0.25, 0.3) is 0 Å². The van der Waals surface area contributed by atoms with E-state index in [1.807, 2.05) is 6.20 Å². The summed E-state index contributed by atoms with van der Waals surface area (Å²) in [5.41, 5.74) is 13.0. The van der Waals surface area contributed by atoms with Crippen molar-refractivity contribution >= 4 is 6.08 Å². The van der Waals surface area contributed by atoms with Crippen molar-refractivity contribution in [2.75, 3.05) is 0 Å². The van der Waals surface area contributed by atoms with E-state index in [0.717, 1.165) is 32.1 Å². The fourth-order valence-corrected chi connectivity index (χ4v) is 6.76. The third-order valence-corrected chi connectivity index (χ3v) is 9.71. The van der Waals surface area contributed by atoms with Crippen LogP contribution < -0.4 is 0 Å². The summed E-state index contributed by atoms with van der Waals surface area (Å²) in [6.45, 7) is 51.8. The van der Waals surface area contributed by atoms with Crippen molar-refractivity contribution in [3.05, 3.63) is 142 Å². The van der Waals surface area contributed by atoms with Crippen LogP contribution in [0.1, 0.15) is 204 Å². The van der Waals surface area contributed by atoms with Crippen molar-refractivity contribution in [1.29, 1.82) is 0 Å². The third kappa shape index (κ3) is 30.9. The minimum atomic E-state index is 0. The van der Waals surface area contributed by atoms with Crippen LogP contribution in [0.15, 0.2) is 91.1 Å². The van der Waals surface area contributed by atoms with E-state index in [4.69, 9.17) is 0 Å². The second-order valence-corrected chi connectivity index (χ2v) is 26.5. The van der Waals surface area contributed by atoms with Gasteiger partial charge in [0, 0.05) is 33.0 Å². The zero-order valence-electron chi connectivity index (χ0n) is 45.2. The molecule has 4 aromatic rings. The van der Waals surface area contributed by atoms with Gasteiger partial charge in [-0.3, -0.25) is 4.98 Å². The number of hydrogen-bond acceptors (Lipinski definition) is 1. The summed E-state index contributed by atoms with van der Waals surface area (Å²) in [5.74, 6) is 0.683. The zero-order valence-corrected chi connectivity index (χ0v) is 48.1. The summed E-state index contributed by atoms with van der Waals surface area (Å²) < 4.78 is 0. The van der Waals surface area contributed by atoms with E-state index in [-0.39, 0.29) is 37.3 Å². The van der Waals surface area contributed by atoms with E-state index in [9.17, 15) is 0 Å². The molecular weight excluding hydrogens is 931 g/mol. The molecule has 0 radical (unpaired) electrons. The van der Waals surface area contributed by atoms with Crippen molar-refractivity contribution in [2.45, 2.75) is 202 Å². The molecular formula is C61H96NW-. The molecule has 0 saturated carbocycles. The molecule has 0 bridgehead atoms. The average Bonchev–Trinajstić information content (AvgIpc) is 3.06. The van der Waals surface area contributed by atoms with Gasteiger partial charge in [0.05, 0.1) is 0 Å². The van der Waals surface area contributed by atoms with Gasteiger partial charge in [-0.25, -0.2) is 0 Å². The molecule has 0 N–H and O–H groups in total. The van der Waals surface area contributed by atoms with E-state index in [0.29, 0.717) is 27.6 Å². The molecule has 2 heteroatoms. The largest absolute Gasteiger partial charge is 0.261 e. The Hall–Kier alpha value is -2.76. The number of allylic oxidation sites excluding steroid dienone is 1. The quantitative estimate of drug-likeness (QED) is 0.168. The average molecular weight is 1030 g/mol. The molecule has 3 aromatic carbocycles. The molecule has 0 spiro atoms. The monoisotopic (exact) mass is 1030 g/mol. The van der Waals surface area contributed by atoms with Gasteiger partial charge < -0.3 is 0 Å². The fourth-order valence-electron chi connectivity index (χ4n) is 6.76. The summed E-state index contributed by atoms with van der Waals surface area (Å²) in [5, 5.41) is 0. The van der Waals surface area contributed by atoms with Gasteiger partial charge in [0.1, 0.15) is 0 Å². The summed E-state index contributed by atoms with van der Waals surface area (Å²) in [6.07, 6.45) is 12.1. The molecule has 1 nitrogen and oxygen atoms in total. The molecule has 0 aliphatic heterocycles. The minimum Gasteiger partial charge on any atom is -0.261 e. The normalized spacial score (nSPS) is 12.6. The zero-order chi connectivity index (χ0) is 48.0. The van der Waals surface area contributed by atoms with Gasteiger partial charge in [0.15, 0.2) is 0 Å². The SMILES string of the molecule is CC(C)(C)/C=C/c1ccc(CC(C)(C)C)cc1.CC(C)(C)Cc1c[c-]c(C(C)(C)C)cc1.CC(C)(C)Cc1ccc(CC(C)(C)C)cc1.CC(C)Cc1ccc(C(C)(C)C)cn1.[W]. The molecule has 0 saturated heterocycles. The second-order valence-electron chi connectivity index (χ2n) is 26.5. The van der Waals surface area contributed by atoms with Crippen molar-refractivity contribution < 1.29 is 21.1 Å². The van der Waals surface area contributed by atoms with Crippen LogP contribution in [0.4, 0.5) is 0 Å². The molecule has 352 valence electrons. The van der Waals surface area contributed by atoms with Crippen LogP contribution in [-0.2, 0) is 64.0 Å². The summed E-state index contributed by atoms with van der Waals surface area (Å²) in [4.78, 5) is 4.49. The Morgan fingerprint density at radius 3 is 1.14 bits per heavy atom. The number of pyridine rings is 1. The van der Waals surface area contributed by atoms with Crippen molar-refractivity contribution in [3.8, 4) is 0 Å². The molecule has 0 atom stereocenters. The van der Waals surface area contributed by atoms with Crippen LogP contribution in [0, 0.1) is 39.1 Å². The van der Waals surface area contributed by atoms with Crippen LogP contribution in [0.2, 0.25) is 0 Å². The standard InChI is InChI=1S/C17H26.C16H26.C15H23.C13H21N.W/c1-16(2,3)12-11-14-7-9-15(10-8-14)13-17(4,5)6;1-15(2,3)11-13-7-9-14(10-8-13)12-16(4,5)6;1-14(2,3)11-12-7-9-13(10-8-12)15(4,5)6;1-10(2)8-12-7-6-11(9-14-12)13(3,4)5;/h7-12H,13H2,1-6H3;7-10H,11-12H2,1-6H3;7-9H,11H2,1-6H3;6-7,9-10H,8H2,1-5H3;/q;;-1;;/b12-11+;;;;. The predicted octanol–water partition coefficient (Wildman–Crippen LogP) is 18.1.